The number of carbonyl (C=O) groups excluding carboxylic acids is 2. The van der Waals surface area contributed by atoms with Crippen molar-refractivity contribution in [3.8, 4) is 0 Å². The molecule has 3 amide bonds. The second-order valence-corrected chi connectivity index (χ2v) is 7.68. The zero-order chi connectivity index (χ0) is 19.9. The van der Waals surface area contributed by atoms with Gasteiger partial charge < -0.3 is 15.5 Å². The van der Waals surface area contributed by atoms with E-state index in [9.17, 15) is 9.59 Å². The summed E-state index contributed by atoms with van der Waals surface area (Å²) in [6.07, 6.45) is 1.54. The van der Waals surface area contributed by atoms with Crippen LogP contribution in [0.4, 0.5) is 4.79 Å². The summed E-state index contributed by atoms with van der Waals surface area (Å²) < 4.78 is 0. The highest BCUT2D eigenvalue weighted by atomic mass is 16.2. The van der Waals surface area contributed by atoms with Crippen LogP contribution in [0.1, 0.15) is 48.7 Å². The van der Waals surface area contributed by atoms with E-state index in [1.54, 1.807) is 0 Å². The van der Waals surface area contributed by atoms with Gasteiger partial charge in [0.2, 0.25) is 0 Å². The quantitative estimate of drug-likeness (QED) is 0.825. The minimum absolute atomic E-state index is 0.00999. The summed E-state index contributed by atoms with van der Waals surface area (Å²) in [4.78, 5) is 26.9. The number of rotatable bonds is 5. The highest BCUT2D eigenvalue weighted by molar-refractivity contribution is 5.94. The third kappa shape index (κ3) is 5.12. The van der Waals surface area contributed by atoms with Gasteiger partial charge in [0, 0.05) is 24.7 Å². The Morgan fingerprint density at radius 1 is 0.929 bits per heavy atom. The Labute approximate surface area is 167 Å². The normalized spacial score (nSPS) is 15.9. The van der Waals surface area contributed by atoms with Gasteiger partial charge in [-0.25, -0.2) is 4.79 Å². The average molecular weight is 380 g/mol. The molecule has 0 saturated carbocycles. The van der Waals surface area contributed by atoms with Crippen molar-refractivity contribution in [1.82, 2.24) is 15.5 Å². The van der Waals surface area contributed by atoms with Gasteiger partial charge in [0.15, 0.2) is 0 Å². The van der Waals surface area contributed by atoms with Gasteiger partial charge in [-0.2, -0.15) is 0 Å². The van der Waals surface area contributed by atoms with Crippen LogP contribution in [0.2, 0.25) is 0 Å². The summed E-state index contributed by atoms with van der Waals surface area (Å²) >= 11 is 0. The molecule has 1 fully saturated rings. The molecule has 5 heteroatoms. The summed E-state index contributed by atoms with van der Waals surface area (Å²) in [7, 11) is 0. The van der Waals surface area contributed by atoms with Crippen LogP contribution in [0, 0.1) is 5.92 Å². The molecule has 0 spiro atoms. The Kier molecular flexibility index (Phi) is 6.69. The first-order valence-electron chi connectivity index (χ1n) is 10.0. The van der Waals surface area contributed by atoms with Crippen molar-refractivity contribution >= 4 is 11.9 Å². The molecule has 1 heterocycles. The van der Waals surface area contributed by atoms with E-state index in [-0.39, 0.29) is 24.0 Å². The van der Waals surface area contributed by atoms with E-state index in [2.05, 4.69) is 36.6 Å². The summed E-state index contributed by atoms with van der Waals surface area (Å²) in [5.41, 5.74) is 1.79. The van der Waals surface area contributed by atoms with Gasteiger partial charge in [0.05, 0.1) is 6.04 Å². The number of hydrogen-bond donors (Lipinski definition) is 2. The van der Waals surface area contributed by atoms with Gasteiger partial charge in [-0.15, -0.1) is 0 Å². The average Bonchev–Trinajstić information content (AvgIpc) is 2.73. The standard InChI is InChI=1S/C23H29N3O2/c1-17(2)21(18-9-5-3-6-10-18)25-23(28)26-15-13-20(14-16-26)24-22(27)19-11-7-4-8-12-19/h3-12,17,20-21H,13-16H2,1-2H3,(H,24,27)(H,25,28). The fourth-order valence-corrected chi connectivity index (χ4v) is 3.60. The number of nitrogens with one attached hydrogen (secondary N) is 2. The Morgan fingerprint density at radius 2 is 1.50 bits per heavy atom. The first-order valence-corrected chi connectivity index (χ1v) is 10.0. The molecule has 1 atom stereocenters. The monoisotopic (exact) mass is 379 g/mol. The fourth-order valence-electron chi connectivity index (χ4n) is 3.60. The lowest BCUT2D eigenvalue weighted by Gasteiger charge is -2.34. The number of nitrogens with zero attached hydrogens (tertiary/aromatic N) is 1. The predicted octanol–water partition coefficient (Wildman–Crippen LogP) is 3.99. The van der Waals surface area contributed by atoms with Crippen LogP contribution in [0.5, 0.6) is 0 Å². The van der Waals surface area contributed by atoms with Crippen LogP contribution < -0.4 is 10.6 Å². The van der Waals surface area contributed by atoms with Crippen LogP contribution in [0.15, 0.2) is 60.7 Å². The molecule has 3 rings (SSSR count). The van der Waals surface area contributed by atoms with Gasteiger partial charge in [0.25, 0.3) is 5.91 Å². The van der Waals surface area contributed by atoms with Gasteiger partial charge in [-0.3, -0.25) is 4.79 Å². The van der Waals surface area contributed by atoms with Crippen LogP contribution in [0.3, 0.4) is 0 Å². The summed E-state index contributed by atoms with van der Waals surface area (Å²) in [5, 5.41) is 6.27. The minimum Gasteiger partial charge on any atom is -0.349 e. The van der Waals surface area contributed by atoms with Gasteiger partial charge in [0.1, 0.15) is 0 Å². The van der Waals surface area contributed by atoms with E-state index in [1.165, 1.54) is 0 Å². The molecule has 0 radical (unpaired) electrons. The largest absolute Gasteiger partial charge is 0.349 e. The summed E-state index contributed by atoms with van der Waals surface area (Å²) in [6, 6.07) is 19.4. The molecule has 0 bridgehead atoms. The molecule has 1 saturated heterocycles. The predicted molar refractivity (Wildman–Crippen MR) is 111 cm³/mol. The molecule has 1 aliphatic rings. The lowest BCUT2D eigenvalue weighted by atomic mass is 9.96. The molecule has 2 aromatic carbocycles. The van der Waals surface area contributed by atoms with E-state index in [1.807, 2.05) is 53.4 Å². The van der Waals surface area contributed by atoms with Crippen molar-refractivity contribution in [3.05, 3.63) is 71.8 Å². The Balaban J connectivity index is 1.51. The second kappa shape index (κ2) is 9.40. The molecule has 0 aromatic heterocycles. The number of hydrogen-bond acceptors (Lipinski definition) is 2. The van der Waals surface area contributed by atoms with Crippen molar-refractivity contribution in [2.45, 2.75) is 38.8 Å². The van der Waals surface area contributed by atoms with Crippen LogP contribution in [0.25, 0.3) is 0 Å². The number of urea groups is 1. The molecule has 0 aliphatic carbocycles. The molecule has 1 unspecified atom stereocenters. The molecule has 5 nitrogen and oxygen atoms in total. The molecule has 2 N–H and O–H groups in total. The maximum Gasteiger partial charge on any atom is 0.317 e. The lowest BCUT2D eigenvalue weighted by molar-refractivity contribution is 0.0917. The molecule has 148 valence electrons. The Hall–Kier alpha value is -2.82. The van der Waals surface area contributed by atoms with Crippen molar-refractivity contribution in [2.75, 3.05) is 13.1 Å². The first-order chi connectivity index (χ1) is 13.5. The molecular weight excluding hydrogens is 350 g/mol. The number of likely N-dealkylation sites (tertiary alicyclic amines) is 1. The van der Waals surface area contributed by atoms with Crippen molar-refractivity contribution in [1.29, 1.82) is 0 Å². The maximum atomic E-state index is 12.8. The third-order valence-electron chi connectivity index (χ3n) is 5.26. The van der Waals surface area contributed by atoms with Crippen molar-refractivity contribution < 1.29 is 9.59 Å². The topological polar surface area (TPSA) is 61.4 Å². The molecular formula is C23H29N3O2. The van der Waals surface area contributed by atoms with E-state index in [4.69, 9.17) is 0 Å². The number of carbonyl (C=O) groups is 2. The lowest BCUT2D eigenvalue weighted by Crippen LogP contribution is -2.50. The van der Waals surface area contributed by atoms with Crippen molar-refractivity contribution in [2.24, 2.45) is 5.92 Å². The molecule has 2 aromatic rings. The SMILES string of the molecule is CC(C)C(NC(=O)N1CCC(NC(=O)c2ccccc2)CC1)c1ccccc1. The van der Waals surface area contributed by atoms with E-state index >= 15 is 0 Å². The number of amides is 3. The minimum atomic E-state index is -0.0487. The summed E-state index contributed by atoms with van der Waals surface area (Å²) in [5.74, 6) is 0.251. The first kappa shape index (κ1) is 19.9. The highest BCUT2D eigenvalue weighted by Gasteiger charge is 2.26. The van der Waals surface area contributed by atoms with Gasteiger partial charge in [-0.1, -0.05) is 62.4 Å². The smallest absolute Gasteiger partial charge is 0.317 e. The van der Waals surface area contributed by atoms with E-state index in [0.717, 1.165) is 18.4 Å². The Bertz CT molecular complexity index is 769. The van der Waals surface area contributed by atoms with Crippen molar-refractivity contribution in [3.63, 3.8) is 0 Å². The third-order valence-corrected chi connectivity index (χ3v) is 5.26. The second-order valence-electron chi connectivity index (χ2n) is 7.68. The van der Waals surface area contributed by atoms with Crippen LogP contribution in [-0.2, 0) is 0 Å². The van der Waals surface area contributed by atoms with Gasteiger partial charge in [-0.05, 0) is 36.5 Å². The van der Waals surface area contributed by atoms with E-state index < -0.39 is 0 Å². The number of piperidine rings is 1. The molecule has 28 heavy (non-hydrogen) atoms. The van der Waals surface area contributed by atoms with E-state index in [0.29, 0.717) is 24.6 Å². The maximum absolute atomic E-state index is 12.8. The van der Waals surface area contributed by atoms with Crippen LogP contribution >= 0.6 is 0 Å². The highest BCUT2D eigenvalue weighted by Crippen LogP contribution is 2.22. The van der Waals surface area contributed by atoms with Gasteiger partial charge >= 0.3 is 6.03 Å². The van der Waals surface area contributed by atoms with Crippen LogP contribution in [-0.4, -0.2) is 36.0 Å². The summed E-state index contributed by atoms with van der Waals surface area (Å²) in [6.45, 7) is 5.52. The zero-order valence-corrected chi connectivity index (χ0v) is 16.6. The zero-order valence-electron chi connectivity index (χ0n) is 16.6. The number of benzene rings is 2. The fraction of sp³-hybridized carbons (Fsp3) is 0.391. The Morgan fingerprint density at radius 3 is 2.07 bits per heavy atom. The molecule has 1 aliphatic heterocycles.